The second-order valence-corrected chi connectivity index (χ2v) is 6.76. The number of carboxylic acids is 1. The van der Waals surface area contributed by atoms with E-state index in [2.05, 4.69) is 40.9 Å². The molecule has 1 aliphatic rings. The highest BCUT2D eigenvalue weighted by atomic mass is 16.4. The van der Waals surface area contributed by atoms with Crippen molar-refractivity contribution in [1.82, 2.24) is 25.1 Å². The van der Waals surface area contributed by atoms with Crippen molar-refractivity contribution in [1.29, 1.82) is 0 Å². The molecule has 0 amide bonds. The number of H-pyrrole nitrogens is 2. The van der Waals surface area contributed by atoms with Crippen molar-refractivity contribution >= 4 is 5.97 Å². The van der Waals surface area contributed by atoms with Gasteiger partial charge in [0.15, 0.2) is 6.04 Å². The molecule has 0 fully saturated rings. The molecule has 7 nitrogen and oxygen atoms in total. The molecular formula is C15H21N5O2. The van der Waals surface area contributed by atoms with E-state index in [1.807, 2.05) is 11.0 Å². The Morgan fingerprint density at radius 3 is 2.91 bits per heavy atom. The molecule has 3 heterocycles. The molecule has 118 valence electrons. The van der Waals surface area contributed by atoms with E-state index in [1.54, 1.807) is 6.33 Å². The summed E-state index contributed by atoms with van der Waals surface area (Å²) < 4.78 is 0. The molecule has 0 aromatic carbocycles. The molecule has 7 heteroatoms. The van der Waals surface area contributed by atoms with E-state index < -0.39 is 12.0 Å². The first-order chi connectivity index (χ1) is 10.4. The van der Waals surface area contributed by atoms with Gasteiger partial charge in [0.25, 0.3) is 0 Å². The number of aliphatic carboxylic acids is 1. The number of aromatic nitrogens is 4. The van der Waals surface area contributed by atoms with Crippen LogP contribution >= 0.6 is 0 Å². The molecule has 1 aliphatic heterocycles. The van der Waals surface area contributed by atoms with Gasteiger partial charge in [0.1, 0.15) is 0 Å². The third kappa shape index (κ3) is 2.64. The number of hydrogen-bond donors (Lipinski definition) is 3. The van der Waals surface area contributed by atoms with Crippen molar-refractivity contribution in [3.05, 3.63) is 35.2 Å². The Morgan fingerprint density at radius 2 is 2.27 bits per heavy atom. The van der Waals surface area contributed by atoms with E-state index in [1.165, 1.54) is 0 Å². The molecule has 0 saturated heterocycles. The number of carbonyl (C=O) groups is 1. The van der Waals surface area contributed by atoms with Gasteiger partial charge in [0.2, 0.25) is 0 Å². The first kappa shape index (κ1) is 14.8. The lowest BCUT2D eigenvalue weighted by atomic mass is 9.92. The third-order valence-corrected chi connectivity index (χ3v) is 4.03. The van der Waals surface area contributed by atoms with Gasteiger partial charge >= 0.3 is 5.97 Å². The molecular weight excluding hydrogens is 282 g/mol. The molecule has 0 unspecified atom stereocenters. The standard InChI is InChI=1S/C15H21N5O2/c1-15(2,3)11-6-9(18-19-11)7-20-5-4-10-12(17-8-16-10)13(20)14(21)22/h6,8,13H,4-5,7H2,1-3H3,(H,16,17)(H,18,19)(H,21,22)/t13-/m0/s1. The first-order valence-corrected chi connectivity index (χ1v) is 7.40. The molecule has 0 saturated carbocycles. The molecule has 1 atom stereocenters. The van der Waals surface area contributed by atoms with Gasteiger partial charge in [-0.1, -0.05) is 20.8 Å². The van der Waals surface area contributed by atoms with Crippen molar-refractivity contribution < 1.29 is 9.90 Å². The average Bonchev–Trinajstić information content (AvgIpc) is 3.05. The second kappa shape index (κ2) is 5.24. The van der Waals surface area contributed by atoms with Crippen molar-refractivity contribution in [2.24, 2.45) is 0 Å². The zero-order chi connectivity index (χ0) is 15.9. The monoisotopic (exact) mass is 303 g/mol. The molecule has 22 heavy (non-hydrogen) atoms. The Labute approximate surface area is 128 Å². The fourth-order valence-corrected chi connectivity index (χ4v) is 2.81. The van der Waals surface area contributed by atoms with Crippen molar-refractivity contribution in [2.45, 2.75) is 45.2 Å². The number of nitrogens with zero attached hydrogens (tertiary/aromatic N) is 3. The quantitative estimate of drug-likeness (QED) is 0.800. The van der Waals surface area contributed by atoms with Crippen LogP contribution in [0.3, 0.4) is 0 Å². The SMILES string of the molecule is CC(C)(C)c1cc(CN2CCc3[nH]cnc3[C@H]2C(=O)O)[nH]n1. The van der Waals surface area contributed by atoms with Crippen molar-refractivity contribution in [3.8, 4) is 0 Å². The van der Waals surface area contributed by atoms with Crippen molar-refractivity contribution in [2.75, 3.05) is 6.54 Å². The number of carboxylic acid groups (broad SMARTS) is 1. The van der Waals surface area contributed by atoms with E-state index in [4.69, 9.17) is 0 Å². The van der Waals surface area contributed by atoms with E-state index in [0.29, 0.717) is 18.8 Å². The summed E-state index contributed by atoms with van der Waals surface area (Å²) in [4.78, 5) is 20.8. The number of rotatable bonds is 3. The molecule has 0 spiro atoms. The molecule has 0 radical (unpaired) electrons. The summed E-state index contributed by atoms with van der Waals surface area (Å²) in [6.07, 6.45) is 2.34. The van der Waals surface area contributed by atoms with E-state index >= 15 is 0 Å². The maximum atomic E-state index is 11.7. The van der Waals surface area contributed by atoms with E-state index in [0.717, 1.165) is 23.5 Å². The van der Waals surface area contributed by atoms with Gasteiger partial charge in [-0.15, -0.1) is 0 Å². The van der Waals surface area contributed by atoms with Crippen LogP contribution in [0.25, 0.3) is 0 Å². The van der Waals surface area contributed by atoms with Gasteiger partial charge in [0, 0.05) is 36.3 Å². The van der Waals surface area contributed by atoms with Gasteiger partial charge in [-0.05, 0) is 6.07 Å². The average molecular weight is 303 g/mol. The van der Waals surface area contributed by atoms with Crippen LogP contribution in [0.15, 0.2) is 12.4 Å². The zero-order valence-electron chi connectivity index (χ0n) is 13.1. The van der Waals surface area contributed by atoms with Gasteiger partial charge < -0.3 is 10.1 Å². The van der Waals surface area contributed by atoms with Crippen LogP contribution in [0.4, 0.5) is 0 Å². The first-order valence-electron chi connectivity index (χ1n) is 7.40. The molecule has 0 bridgehead atoms. The van der Waals surface area contributed by atoms with Crippen LogP contribution < -0.4 is 0 Å². The van der Waals surface area contributed by atoms with Gasteiger partial charge in [-0.25, -0.2) is 4.98 Å². The minimum atomic E-state index is -0.872. The molecule has 3 rings (SSSR count). The lowest BCUT2D eigenvalue weighted by Crippen LogP contribution is -2.39. The number of fused-ring (bicyclic) bond motifs is 1. The van der Waals surface area contributed by atoms with Gasteiger partial charge in [0.05, 0.1) is 17.7 Å². The highest BCUT2D eigenvalue weighted by molar-refractivity contribution is 5.75. The second-order valence-electron chi connectivity index (χ2n) is 6.76. The van der Waals surface area contributed by atoms with Crippen LogP contribution in [0, 0.1) is 0 Å². The number of nitrogens with one attached hydrogen (secondary N) is 2. The largest absolute Gasteiger partial charge is 0.480 e. The maximum Gasteiger partial charge on any atom is 0.327 e. The van der Waals surface area contributed by atoms with Gasteiger partial charge in [-0.2, -0.15) is 5.10 Å². The summed E-state index contributed by atoms with van der Waals surface area (Å²) in [6, 6.07) is 1.30. The van der Waals surface area contributed by atoms with Gasteiger partial charge in [-0.3, -0.25) is 14.8 Å². The normalized spacial score (nSPS) is 19.1. The summed E-state index contributed by atoms with van der Waals surface area (Å²) in [5, 5.41) is 16.9. The van der Waals surface area contributed by atoms with Crippen LogP contribution in [0.5, 0.6) is 0 Å². The molecule has 3 N–H and O–H groups in total. The highest BCUT2D eigenvalue weighted by Crippen LogP contribution is 2.29. The Morgan fingerprint density at radius 1 is 1.50 bits per heavy atom. The Balaban J connectivity index is 1.83. The number of aromatic amines is 2. The summed E-state index contributed by atoms with van der Waals surface area (Å²) in [7, 11) is 0. The van der Waals surface area contributed by atoms with E-state index in [-0.39, 0.29) is 5.41 Å². The Kier molecular flexibility index (Phi) is 3.52. The lowest BCUT2D eigenvalue weighted by molar-refractivity contribution is -0.144. The summed E-state index contributed by atoms with van der Waals surface area (Å²) >= 11 is 0. The highest BCUT2D eigenvalue weighted by Gasteiger charge is 2.35. The topological polar surface area (TPSA) is 97.9 Å². The predicted molar refractivity (Wildman–Crippen MR) is 80.4 cm³/mol. The minimum absolute atomic E-state index is 0.0296. The number of hydrogen-bond acceptors (Lipinski definition) is 4. The lowest BCUT2D eigenvalue weighted by Gasteiger charge is -2.31. The maximum absolute atomic E-state index is 11.7. The third-order valence-electron chi connectivity index (χ3n) is 4.03. The van der Waals surface area contributed by atoms with Crippen LogP contribution in [0.2, 0.25) is 0 Å². The fraction of sp³-hybridized carbons (Fsp3) is 0.533. The summed E-state index contributed by atoms with van der Waals surface area (Å²) in [5.74, 6) is -0.872. The smallest absolute Gasteiger partial charge is 0.327 e. The minimum Gasteiger partial charge on any atom is -0.480 e. The fourth-order valence-electron chi connectivity index (χ4n) is 2.81. The molecule has 2 aromatic rings. The number of imidazole rings is 1. The van der Waals surface area contributed by atoms with Crippen LogP contribution in [-0.2, 0) is 23.2 Å². The molecule has 0 aliphatic carbocycles. The van der Waals surface area contributed by atoms with Crippen LogP contribution in [0.1, 0.15) is 49.6 Å². The van der Waals surface area contributed by atoms with E-state index in [9.17, 15) is 9.90 Å². The Hall–Kier alpha value is -2.15. The van der Waals surface area contributed by atoms with Crippen molar-refractivity contribution in [3.63, 3.8) is 0 Å². The zero-order valence-corrected chi connectivity index (χ0v) is 13.1. The summed E-state index contributed by atoms with van der Waals surface area (Å²) in [5.41, 5.74) is 3.41. The predicted octanol–water partition coefficient (Wildman–Crippen LogP) is 1.61. The molecule has 2 aromatic heterocycles. The summed E-state index contributed by atoms with van der Waals surface area (Å²) in [6.45, 7) is 7.50. The van der Waals surface area contributed by atoms with Crippen LogP contribution in [-0.4, -0.2) is 42.7 Å². The Bertz CT molecular complexity index is 682.